The van der Waals surface area contributed by atoms with Gasteiger partial charge in [0.1, 0.15) is 4.90 Å². The number of aliphatic hydroxyl groups is 1. The van der Waals surface area contributed by atoms with Crippen molar-refractivity contribution in [2.45, 2.75) is 24.3 Å². The molecule has 0 aliphatic heterocycles. The van der Waals surface area contributed by atoms with Crippen LogP contribution in [0.1, 0.15) is 13.8 Å². The monoisotopic (exact) mass is 278 g/mol. The van der Waals surface area contributed by atoms with E-state index in [2.05, 4.69) is 4.72 Å². The quantitative estimate of drug-likeness (QED) is 0.716. The Morgan fingerprint density at radius 2 is 2.06 bits per heavy atom. The Morgan fingerprint density at radius 3 is 2.59 bits per heavy atom. The number of rotatable bonds is 4. The first-order chi connectivity index (χ1) is 7.62. The smallest absolute Gasteiger partial charge is 0.242 e. The molecule has 17 heavy (non-hydrogen) atoms. The van der Waals surface area contributed by atoms with Crippen molar-refractivity contribution in [1.29, 1.82) is 0 Å². The minimum atomic E-state index is -3.77. The Kier molecular flexibility index (Phi) is 4.03. The molecule has 1 aromatic rings. The molecule has 4 N–H and O–H groups in total. The molecule has 0 saturated heterocycles. The molecule has 0 aromatic heterocycles. The molecule has 96 valence electrons. The van der Waals surface area contributed by atoms with Gasteiger partial charge < -0.3 is 10.8 Å². The van der Waals surface area contributed by atoms with E-state index < -0.39 is 15.6 Å². The first-order valence-electron chi connectivity index (χ1n) is 4.89. The highest BCUT2D eigenvalue weighted by Crippen LogP contribution is 2.22. The second-order valence-electron chi connectivity index (χ2n) is 4.32. The summed E-state index contributed by atoms with van der Waals surface area (Å²) in [5, 5.41) is 9.75. The summed E-state index contributed by atoms with van der Waals surface area (Å²) in [6.07, 6.45) is 0. The van der Waals surface area contributed by atoms with E-state index in [1.165, 1.54) is 32.0 Å². The summed E-state index contributed by atoms with van der Waals surface area (Å²) in [5.41, 5.74) is 4.55. The Balaban J connectivity index is 3.02. The van der Waals surface area contributed by atoms with Gasteiger partial charge in [0.25, 0.3) is 0 Å². The zero-order chi connectivity index (χ0) is 13.3. The van der Waals surface area contributed by atoms with Gasteiger partial charge in [-0.2, -0.15) is 0 Å². The van der Waals surface area contributed by atoms with E-state index >= 15 is 0 Å². The third kappa shape index (κ3) is 4.16. The lowest BCUT2D eigenvalue weighted by atomic mass is 10.1. The Hall–Kier alpha value is -0.820. The fraction of sp³-hybridized carbons (Fsp3) is 0.400. The number of halogens is 1. The van der Waals surface area contributed by atoms with Gasteiger partial charge in [-0.05, 0) is 32.0 Å². The van der Waals surface area contributed by atoms with Crippen LogP contribution in [0.25, 0.3) is 0 Å². The van der Waals surface area contributed by atoms with E-state index in [4.69, 9.17) is 17.3 Å². The number of sulfonamides is 1. The van der Waals surface area contributed by atoms with Crippen LogP contribution in [-0.2, 0) is 10.0 Å². The van der Waals surface area contributed by atoms with Gasteiger partial charge in [0, 0.05) is 11.6 Å². The lowest BCUT2D eigenvalue weighted by Gasteiger charge is -2.18. The molecule has 0 bridgehead atoms. The number of nitrogen functional groups attached to an aromatic ring is 1. The number of benzene rings is 1. The molecule has 0 amide bonds. The van der Waals surface area contributed by atoms with Crippen molar-refractivity contribution in [3.63, 3.8) is 0 Å². The van der Waals surface area contributed by atoms with E-state index in [0.717, 1.165) is 0 Å². The zero-order valence-electron chi connectivity index (χ0n) is 9.57. The fourth-order valence-corrected chi connectivity index (χ4v) is 2.69. The van der Waals surface area contributed by atoms with Crippen LogP contribution < -0.4 is 10.5 Å². The van der Waals surface area contributed by atoms with Gasteiger partial charge >= 0.3 is 0 Å². The molecule has 0 radical (unpaired) electrons. The number of nitrogens with one attached hydrogen (secondary N) is 1. The van der Waals surface area contributed by atoms with Gasteiger partial charge in [0.05, 0.1) is 11.3 Å². The van der Waals surface area contributed by atoms with Crippen LogP contribution in [-0.4, -0.2) is 25.7 Å². The molecule has 1 rings (SSSR count). The lowest BCUT2D eigenvalue weighted by Crippen LogP contribution is -2.38. The summed E-state index contributed by atoms with van der Waals surface area (Å²) in [6, 6.07) is 4.19. The van der Waals surface area contributed by atoms with Gasteiger partial charge in [-0.1, -0.05) is 11.6 Å². The highest BCUT2D eigenvalue weighted by Gasteiger charge is 2.21. The van der Waals surface area contributed by atoms with Crippen molar-refractivity contribution in [2.24, 2.45) is 0 Å². The topological polar surface area (TPSA) is 92.4 Å². The van der Waals surface area contributed by atoms with E-state index in [1.54, 1.807) is 0 Å². The van der Waals surface area contributed by atoms with E-state index in [9.17, 15) is 13.5 Å². The molecule has 0 aliphatic carbocycles. The molecule has 0 spiro atoms. The number of hydrogen-bond donors (Lipinski definition) is 3. The molecule has 1 aromatic carbocycles. The maximum absolute atomic E-state index is 11.9. The van der Waals surface area contributed by atoms with Crippen molar-refractivity contribution < 1.29 is 13.5 Å². The minimum absolute atomic E-state index is 0.0887. The molecule has 0 saturated carbocycles. The van der Waals surface area contributed by atoms with E-state index in [0.29, 0.717) is 0 Å². The largest absolute Gasteiger partial charge is 0.398 e. The molecule has 0 heterocycles. The first kappa shape index (κ1) is 14.2. The van der Waals surface area contributed by atoms with Crippen LogP contribution in [0.15, 0.2) is 23.1 Å². The van der Waals surface area contributed by atoms with Crippen LogP contribution in [0.3, 0.4) is 0 Å². The number of hydrogen-bond acceptors (Lipinski definition) is 4. The predicted molar refractivity (Wildman–Crippen MR) is 67.4 cm³/mol. The second-order valence-corrected chi connectivity index (χ2v) is 6.49. The predicted octanol–water partition coefficient (Wildman–Crippen LogP) is 0.971. The van der Waals surface area contributed by atoms with E-state index in [-0.39, 0.29) is 22.2 Å². The molecule has 0 unspecified atom stereocenters. The van der Waals surface area contributed by atoms with Crippen LogP contribution in [0.5, 0.6) is 0 Å². The van der Waals surface area contributed by atoms with Crippen LogP contribution in [0.4, 0.5) is 5.69 Å². The molecule has 0 fully saturated rings. The average molecular weight is 279 g/mol. The maximum atomic E-state index is 11.9. The average Bonchev–Trinajstić information content (AvgIpc) is 2.18. The summed E-state index contributed by atoms with van der Waals surface area (Å²) < 4.78 is 26.0. The standard InChI is InChI=1S/C10H15ClN2O3S/c1-10(2,14)6-13-17(15,16)9-5-7(11)3-4-8(9)12/h3-5,13-14H,6,12H2,1-2H3. The van der Waals surface area contributed by atoms with Gasteiger partial charge in [-0.25, -0.2) is 13.1 Å². The highest BCUT2D eigenvalue weighted by atomic mass is 35.5. The summed E-state index contributed by atoms with van der Waals surface area (Å²) >= 11 is 5.72. The Bertz CT molecular complexity index is 509. The van der Waals surface area contributed by atoms with Crippen molar-refractivity contribution in [1.82, 2.24) is 4.72 Å². The summed E-state index contributed by atoms with van der Waals surface area (Å²) in [7, 11) is -3.77. The number of nitrogens with two attached hydrogens (primary N) is 1. The Labute approximate surface area is 106 Å². The first-order valence-corrected chi connectivity index (χ1v) is 6.75. The SMILES string of the molecule is CC(C)(O)CNS(=O)(=O)c1cc(Cl)ccc1N. The van der Waals surface area contributed by atoms with Crippen LogP contribution in [0.2, 0.25) is 5.02 Å². The molecular formula is C10H15ClN2O3S. The third-order valence-corrected chi connectivity index (χ3v) is 3.65. The van der Waals surface area contributed by atoms with Gasteiger partial charge in [-0.3, -0.25) is 0 Å². The molecule has 0 aliphatic rings. The number of anilines is 1. The Morgan fingerprint density at radius 1 is 1.47 bits per heavy atom. The van der Waals surface area contributed by atoms with Crippen LogP contribution in [0, 0.1) is 0 Å². The van der Waals surface area contributed by atoms with Crippen molar-refractivity contribution in [3.8, 4) is 0 Å². The summed E-state index contributed by atoms with van der Waals surface area (Å²) in [5.74, 6) is 0. The van der Waals surface area contributed by atoms with Gasteiger partial charge in [-0.15, -0.1) is 0 Å². The molecule has 0 atom stereocenters. The van der Waals surface area contributed by atoms with E-state index in [1.807, 2.05) is 0 Å². The van der Waals surface area contributed by atoms with Crippen molar-refractivity contribution >= 4 is 27.3 Å². The van der Waals surface area contributed by atoms with Crippen molar-refractivity contribution in [3.05, 3.63) is 23.2 Å². The van der Waals surface area contributed by atoms with Crippen molar-refractivity contribution in [2.75, 3.05) is 12.3 Å². The zero-order valence-corrected chi connectivity index (χ0v) is 11.1. The second kappa shape index (κ2) is 4.81. The molecular weight excluding hydrogens is 264 g/mol. The van der Waals surface area contributed by atoms with Gasteiger partial charge in [0.15, 0.2) is 0 Å². The highest BCUT2D eigenvalue weighted by molar-refractivity contribution is 7.89. The maximum Gasteiger partial charge on any atom is 0.242 e. The minimum Gasteiger partial charge on any atom is -0.398 e. The molecule has 7 heteroatoms. The lowest BCUT2D eigenvalue weighted by molar-refractivity contribution is 0.0857. The normalized spacial score (nSPS) is 12.7. The third-order valence-electron chi connectivity index (χ3n) is 1.96. The fourth-order valence-electron chi connectivity index (χ4n) is 1.09. The summed E-state index contributed by atoms with van der Waals surface area (Å²) in [6.45, 7) is 2.88. The molecule has 5 nitrogen and oxygen atoms in total. The van der Waals surface area contributed by atoms with Crippen LogP contribution >= 0.6 is 11.6 Å². The van der Waals surface area contributed by atoms with Gasteiger partial charge in [0.2, 0.25) is 10.0 Å². The summed E-state index contributed by atoms with van der Waals surface area (Å²) in [4.78, 5) is -0.0887.